The largest absolute Gasteiger partial charge is 0.514 e. The van der Waals surface area contributed by atoms with E-state index in [1.54, 1.807) is 0 Å². The van der Waals surface area contributed by atoms with Gasteiger partial charge in [0.05, 0.1) is 11.1 Å². The number of rotatable bonds is 14. The van der Waals surface area contributed by atoms with Crippen LogP contribution in [0.3, 0.4) is 0 Å². The third-order valence-corrected chi connectivity index (χ3v) is 4.89. The summed E-state index contributed by atoms with van der Waals surface area (Å²) in [6.45, 7) is 28.2. The van der Waals surface area contributed by atoms with Gasteiger partial charge in [0, 0.05) is 27.7 Å². The van der Waals surface area contributed by atoms with Crippen LogP contribution in [0, 0.1) is 10.8 Å². The molecule has 0 rings (SSSR count). The van der Waals surface area contributed by atoms with E-state index in [4.69, 9.17) is 38.5 Å². The maximum atomic E-state index is 12.5. The second kappa shape index (κ2) is 14.6. The molecule has 0 aromatic carbocycles. The fourth-order valence-electron chi connectivity index (χ4n) is 4.23. The van der Waals surface area contributed by atoms with Crippen molar-refractivity contribution in [3.8, 4) is 0 Å². The lowest BCUT2D eigenvalue weighted by Crippen LogP contribution is -2.39. The Morgan fingerprint density at radius 2 is 0.786 bits per heavy atom. The molecule has 0 aliphatic carbocycles. The quantitative estimate of drug-likeness (QED) is 0.0482. The topological polar surface area (TPSA) is 125 Å². The Morgan fingerprint density at radius 1 is 0.500 bits per heavy atom. The van der Waals surface area contributed by atoms with E-state index < -0.39 is 40.9 Å². The van der Waals surface area contributed by atoms with Crippen molar-refractivity contribution in [3.63, 3.8) is 0 Å². The molecule has 42 heavy (non-hydrogen) atoms. The first-order valence-corrected chi connectivity index (χ1v) is 13.9. The molecule has 0 aliphatic rings. The van der Waals surface area contributed by atoms with E-state index >= 15 is 0 Å². The van der Waals surface area contributed by atoms with Gasteiger partial charge in [-0.25, -0.2) is 14.4 Å². The van der Waals surface area contributed by atoms with Crippen LogP contribution in [0.4, 0.5) is 4.79 Å². The van der Waals surface area contributed by atoms with Gasteiger partial charge >= 0.3 is 18.1 Å². The molecular formula is C31H54O11. The number of esters is 2. The molecule has 0 N–H and O–H groups in total. The van der Waals surface area contributed by atoms with Crippen LogP contribution in [0.25, 0.3) is 0 Å². The van der Waals surface area contributed by atoms with Crippen molar-refractivity contribution in [2.24, 2.45) is 10.8 Å². The molecule has 0 atom stereocenters. The first kappa shape index (κ1) is 39.2. The van der Waals surface area contributed by atoms with Gasteiger partial charge in [0.2, 0.25) is 0 Å². The van der Waals surface area contributed by atoms with Gasteiger partial charge in [-0.15, -0.1) is 0 Å². The zero-order chi connectivity index (χ0) is 33.4. The van der Waals surface area contributed by atoms with E-state index in [0.717, 1.165) is 12.5 Å². The highest BCUT2D eigenvalue weighted by Crippen LogP contribution is 2.31. The average molecular weight is 603 g/mol. The first-order chi connectivity index (χ1) is 18.5. The van der Waals surface area contributed by atoms with Crippen LogP contribution in [0.5, 0.6) is 0 Å². The smallest absolute Gasteiger partial charge is 0.420 e. The zero-order valence-electron chi connectivity index (χ0n) is 28.6. The van der Waals surface area contributed by atoms with Gasteiger partial charge in [-0.05, 0) is 65.2 Å². The molecule has 0 amide bonds. The standard InChI is InChI=1S/C31H54O11/c1-21(17-35-41-28(9,10)19-26(3,4)5)23(32)37-30(13,14)39-25(34)40-31(15,16)38-24(33)22(2)18-36-42-29(11,12)20-27(6,7)8/h17-18H,19-20H2,1-16H3/b21-17+,22-18+. The molecule has 0 spiro atoms. The summed E-state index contributed by atoms with van der Waals surface area (Å²) in [5.74, 6) is -5.08. The second-order valence-corrected chi connectivity index (χ2v) is 15.0. The Hall–Kier alpha value is -2.79. The Labute approximate surface area is 252 Å². The lowest BCUT2D eigenvalue weighted by Gasteiger charge is -2.30. The van der Waals surface area contributed by atoms with E-state index in [1.807, 2.05) is 27.7 Å². The minimum atomic E-state index is -1.73. The van der Waals surface area contributed by atoms with Crippen molar-refractivity contribution >= 4 is 18.1 Å². The minimum Gasteiger partial charge on any atom is -0.420 e. The summed E-state index contributed by atoms with van der Waals surface area (Å²) in [5, 5.41) is 0. The average Bonchev–Trinajstić information content (AvgIpc) is 2.67. The SMILES string of the molecule is C/C(=C\OOC(C)(C)CC(C)(C)C)C(=O)OC(C)(C)OC(=O)OC(C)(C)OC(=O)/C(C)=C/OOC(C)(C)CC(C)(C)C. The Morgan fingerprint density at radius 3 is 1.05 bits per heavy atom. The Kier molecular flexibility index (Phi) is 13.6. The van der Waals surface area contributed by atoms with Crippen LogP contribution >= 0.6 is 0 Å². The number of carbonyl (C=O) groups is 3. The summed E-state index contributed by atoms with van der Waals surface area (Å²) in [6, 6.07) is 0. The van der Waals surface area contributed by atoms with Crippen molar-refractivity contribution in [2.45, 2.75) is 146 Å². The molecule has 0 aromatic heterocycles. The summed E-state index contributed by atoms with van der Waals surface area (Å²) >= 11 is 0. The molecule has 0 bridgehead atoms. The predicted octanol–water partition coefficient (Wildman–Crippen LogP) is 7.83. The minimum absolute atomic E-state index is 0.00943. The maximum absolute atomic E-state index is 12.5. The van der Waals surface area contributed by atoms with Gasteiger partial charge in [-0.1, -0.05) is 41.5 Å². The first-order valence-electron chi connectivity index (χ1n) is 13.9. The van der Waals surface area contributed by atoms with Crippen LogP contribution in [-0.2, 0) is 48.1 Å². The third kappa shape index (κ3) is 18.6. The van der Waals surface area contributed by atoms with Crippen LogP contribution in [0.15, 0.2) is 23.7 Å². The van der Waals surface area contributed by atoms with Crippen LogP contribution in [-0.4, -0.2) is 40.9 Å². The lowest BCUT2D eigenvalue weighted by atomic mass is 9.84. The molecule has 0 radical (unpaired) electrons. The van der Waals surface area contributed by atoms with Crippen LogP contribution < -0.4 is 0 Å². The molecule has 0 heterocycles. The van der Waals surface area contributed by atoms with Gasteiger partial charge in [0.1, 0.15) is 23.7 Å². The van der Waals surface area contributed by atoms with Crippen molar-refractivity contribution in [3.05, 3.63) is 23.7 Å². The number of hydrogen-bond acceptors (Lipinski definition) is 11. The van der Waals surface area contributed by atoms with Crippen LogP contribution in [0.2, 0.25) is 0 Å². The predicted molar refractivity (Wildman–Crippen MR) is 156 cm³/mol. The molecule has 0 unspecified atom stereocenters. The Bertz CT molecular complexity index is 909. The molecule has 0 fully saturated rings. The summed E-state index contributed by atoms with van der Waals surface area (Å²) in [6.07, 6.45) is 2.40. The lowest BCUT2D eigenvalue weighted by molar-refractivity contribution is -0.322. The monoisotopic (exact) mass is 602 g/mol. The molecule has 0 saturated carbocycles. The van der Waals surface area contributed by atoms with E-state index in [0.29, 0.717) is 12.8 Å². The third-order valence-electron chi connectivity index (χ3n) is 4.89. The van der Waals surface area contributed by atoms with E-state index in [9.17, 15) is 14.4 Å². The summed E-state index contributed by atoms with van der Waals surface area (Å²) in [5.41, 5.74) is -1.04. The Balaban J connectivity index is 4.94. The molecular weight excluding hydrogens is 548 g/mol. The zero-order valence-corrected chi connectivity index (χ0v) is 28.6. The second-order valence-electron chi connectivity index (χ2n) is 15.0. The number of carbonyl (C=O) groups excluding carboxylic acids is 3. The molecule has 11 heteroatoms. The molecule has 11 nitrogen and oxygen atoms in total. The van der Waals surface area contributed by atoms with Gasteiger partial charge in [-0.2, -0.15) is 9.78 Å². The summed E-state index contributed by atoms with van der Waals surface area (Å²) in [7, 11) is 0. The highest BCUT2D eigenvalue weighted by molar-refractivity contribution is 5.88. The van der Waals surface area contributed by atoms with E-state index in [1.165, 1.54) is 41.5 Å². The highest BCUT2D eigenvalue weighted by Gasteiger charge is 2.35. The fraction of sp³-hybridized carbons (Fsp3) is 0.774. The van der Waals surface area contributed by atoms with E-state index in [2.05, 4.69) is 41.5 Å². The van der Waals surface area contributed by atoms with Crippen molar-refractivity contribution in [1.29, 1.82) is 0 Å². The fourth-order valence-corrected chi connectivity index (χ4v) is 4.23. The molecule has 0 aliphatic heterocycles. The number of ether oxygens (including phenoxy) is 4. The van der Waals surface area contributed by atoms with Gasteiger partial charge in [0.15, 0.2) is 0 Å². The summed E-state index contributed by atoms with van der Waals surface area (Å²) in [4.78, 5) is 58.5. The van der Waals surface area contributed by atoms with Crippen molar-refractivity contribution in [2.75, 3.05) is 0 Å². The normalized spacial score (nSPS) is 14.2. The van der Waals surface area contributed by atoms with Crippen molar-refractivity contribution < 1.29 is 52.9 Å². The van der Waals surface area contributed by atoms with Gasteiger partial charge in [-0.3, -0.25) is 0 Å². The number of hydrogen-bond donors (Lipinski definition) is 0. The molecule has 0 saturated heterocycles. The summed E-state index contributed by atoms with van der Waals surface area (Å²) < 4.78 is 20.8. The van der Waals surface area contributed by atoms with Crippen molar-refractivity contribution in [1.82, 2.24) is 0 Å². The van der Waals surface area contributed by atoms with Gasteiger partial charge < -0.3 is 28.7 Å². The maximum Gasteiger partial charge on any atom is 0.514 e. The van der Waals surface area contributed by atoms with Gasteiger partial charge in [0.25, 0.3) is 11.6 Å². The molecule has 0 aromatic rings. The highest BCUT2D eigenvalue weighted by atomic mass is 17.2. The molecule has 244 valence electrons. The van der Waals surface area contributed by atoms with E-state index in [-0.39, 0.29) is 22.0 Å². The van der Waals surface area contributed by atoms with Crippen LogP contribution in [0.1, 0.15) is 124 Å².